The molecule has 0 radical (unpaired) electrons. The smallest absolute Gasteiger partial charge is 0.262 e. The molecule has 2 aromatic heterocycles. The van der Waals surface area contributed by atoms with E-state index in [1.54, 1.807) is 23.7 Å². The molecular formula is C25H23F3N6O. The molecule has 10 heteroatoms. The van der Waals surface area contributed by atoms with E-state index in [2.05, 4.69) is 26.6 Å². The monoisotopic (exact) mass is 480 g/mol. The molecule has 0 atom stereocenters. The van der Waals surface area contributed by atoms with Crippen LogP contribution in [0.5, 0.6) is 0 Å². The van der Waals surface area contributed by atoms with E-state index >= 15 is 0 Å². The fraction of sp³-hybridized carbons (Fsp3) is 0.320. The molecule has 0 unspecified atom stereocenters. The van der Waals surface area contributed by atoms with Gasteiger partial charge in [-0.15, -0.1) is 0 Å². The predicted octanol–water partition coefficient (Wildman–Crippen LogP) is 5.11. The lowest BCUT2D eigenvalue weighted by molar-refractivity contribution is -0.0446. The van der Waals surface area contributed by atoms with Crippen LogP contribution in [0, 0.1) is 17.1 Å². The maximum Gasteiger partial charge on any atom is 0.262 e. The highest BCUT2D eigenvalue weighted by Crippen LogP contribution is 2.38. The Balaban J connectivity index is 1.70. The Morgan fingerprint density at radius 1 is 1.40 bits per heavy atom. The van der Waals surface area contributed by atoms with Crippen LogP contribution in [0.4, 0.5) is 13.2 Å². The number of aromatic amines is 1. The summed E-state index contributed by atoms with van der Waals surface area (Å²) in [6, 6.07) is 5.79. The van der Waals surface area contributed by atoms with Gasteiger partial charge in [-0.3, -0.25) is 4.79 Å². The number of fused-ring (bicyclic) bond motifs is 1. The summed E-state index contributed by atoms with van der Waals surface area (Å²) in [5.74, 6) is -2.81. The second-order valence-electron chi connectivity index (χ2n) is 8.47. The Labute approximate surface area is 199 Å². The number of hydrogen-bond acceptors (Lipinski definition) is 5. The van der Waals surface area contributed by atoms with Gasteiger partial charge in [0, 0.05) is 25.5 Å². The highest BCUT2D eigenvalue weighted by Gasteiger charge is 2.36. The van der Waals surface area contributed by atoms with Gasteiger partial charge in [0.2, 0.25) is 5.92 Å². The number of alkyl halides is 2. The molecule has 1 aliphatic rings. The molecule has 4 rings (SSSR count). The fourth-order valence-electron chi connectivity index (χ4n) is 4.23. The number of H-pyrrole nitrogens is 1. The van der Waals surface area contributed by atoms with E-state index in [1.165, 1.54) is 24.5 Å². The minimum atomic E-state index is -2.68. The van der Waals surface area contributed by atoms with Crippen molar-refractivity contribution < 1.29 is 13.2 Å². The summed E-state index contributed by atoms with van der Waals surface area (Å²) in [5, 5.41) is 13.4. The summed E-state index contributed by atoms with van der Waals surface area (Å²) in [6.45, 7) is 5.26. The van der Waals surface area contributed by atoms with Gasteiger partial charge in [-0.2, -0.15) is 10.4 Å². The van der Waals surface area contributed by atoms with E-state index in [0.29, 0.717) is 28.2 Å². The zero-order valence-electron chi connectivity index (χ0n) is 19.1. The minimum Gasteiger partial charge on any atom is -0.310 e. The van der Waals surface area contributed by atoms with Gasteiger partial charge in [-0.25, -0.2) is 27.8 Å². The summed E-state index contributed by atoms with van der Waals surface area (Å²) < 4.78 is 42.9. The average Bonchev–Trinajstić information content (AvgIpc) is 3.25. The third-order valence-corrected chi connectivity index (χ3v) is 6.09. The van der Waals surface area contributed by atoms with Crippen molar-refractivity contribution in [3.63, 3.8) is 0 Å². The van der Waals surface area contributed by atoms with Crippen molar-refractivity contribution in [3.8, 4) is 6.07 Å². The van der Waals surface area contributed by atoms with Crippen LogP contribution in [0.25, 0.3) is 16.6 Å². The van der Waals surface area contributed by atoms with Gasteiger partial charge in [0.15, 0.2) is 5.65 Å². The number of aliphatic imine (C=N–C) groups is 1. The first-order chi connectivity index (χ1) is 16.7. The maximum atomic E-state index is 14.1. The molecule has 1 N–H and O–H groups in total. The van der Waals surface area contributed by atoms with Crippen LogP contribution in [0.2, 0.25) is 0 Å². The molecule has 1 saturated carbocycles. The zero-order valence-corrected chi connectivity index (χ0v) is 19.1. The van der Waals surface area contributed by atoms with E-state index in [1.807, 2.05) is 6.07 Å². The van der Waals surface area contributed by atoms with Crippen LogP contribution in [0.15, 0.2) is 52.5 Å². The number of benzene rings is 1. The molecular weight excluding hydrogens is 457 g/mol. The highest BCUT2D eigenvalue weighted by molar-refractivity contribution is 6.10. The standard InChI is InChI=1S/C25H23F3N6O/c1-3-16(13-30-15(2)12-29)20-11-18(26)5-4-17(20)10-22-32-23-21(24(35)33-22)14-31-34(23)19-6-8-25(27,28)9-7-19/h3-5,11,13-14,19H,2,6-10H2,1H3,(H,32,33,35)/b16-3+,30-13?. The van der Waals surface area contributed by atoms with Crippen LogP contribution in [-0.4, -0.2) is 31.9 Å². The summed E-state index contributed by atoms with van der Waals surface area (Å²) in [7, 11) is 0. The quantitative estimate of drug-likeness (QED) is 0.391. The Morgan fingerprint density at radius 2 is 2.14 bits per heavy atom. The van der Waals surface area contributed by atoms with Crippen molar-refractivity contribution >= 4 is 22.8 Å². The van der Waals surface area contributed by atoms with Gasteiger partial charge in [0.05, 0.1) is 12.2 Å². The van der Waals surface area contributed by atoms with Crippen molar-refractivity contribution in [2.24, 2.45) is 4.99 Å². The molecule has 0 bridgehead atoms. The van der Waals surface area contributed by atoms with Crippen LogP contribution >= 0.6 is 0 Å². The lowest BCUT2D eigenvalue weighted by Crippen LogP contribution is -2.27. The molecule has 7 nitrogen and oxygen atoms in total. The van der Waals surface area contributed by atoms with Crippen LogP contribution < -0.4 is 5.56 Å². The SMILES string of the molecule is C=C(C#N)N=C/C(=C\C)c1cc(F)ccc1Cc1nc2c(cnn2C2CCC(F)(F)CC2)c(=O)[nH]1. The van der Waals surface area contributed by atoms with Crippen molar-refractivity contribution in [1.29, 1.82) is 5.26 Å². The van der Waals surface area contributed by atoms with Crippen LogP contribution in [0.1, 0.15) is 55.6 Å². The van der Waals surface area contributed by atoms with Crippen molar-refractivity contribution in [2.75, 3.05) is 0 Å². The predicted molar refractivity (Wildman–Crippen MR) is 127 cm³/mol. The van der Waals surface area contributed by atoms with Gasteiger partial charge in [-0.05, 0) is 48.6 Å². The number of nitriles is 1. The minimum absolute atomic E-state index is 0.00693. The number of nitrogens with one attached hydrogen (secondary N) is 1. The van der Waals surface area contributed by atoms with E-state index in [9.17, 15) is 18.0 Å². The van der Waals surface area contributed by atoms with Gasteiger partial charge in [0.25, 0.3) is 5.56 Å². The maximum absolute atomic E-state index is 14.1. The first kappa shape index (κ1) is 24.1. The number of allylic oxidation sites excluding steroid dienone is 3. The molecule has 180 valence electrons. The zero-order chi connectivity index (χ0) is 25.2. The van der Waals surface area contributed by atoms with E-state index < -0.39 is 11.7 Å². The molecule has 1 aliphatic carbocycles. The number of rotatable bonds is 6. The third kappa shape index (κ3) is 5.24. The summed E-state index contributed by atoms with van der Waals surface area (Å²) in [4.78, 5) is 24.0. The summed E-state index contributed by atoms with van der Waals surface area (Å²) >= 11 is 0. The third-order valence-electron chi connectivity index (χ3n) is 6.09. The molecule has 0 aliphatic heterocycles. The molecule has 0 amide bonds. The van der Waals surface area contributed by atoms with E-state index in [-0.39, 0.29) is 54.8 Å². The Morgan fingerprint density at radius 3 is 2.83 bits per heavy atom. The molecule has 1 aromatic carbocycles. The molecule has 3 aromatic rings. The van der Waals surface area contributed by atoms with Gasteiger partial charge < -0.3 is 4.98 Å². The summed E-state index contributed by atoms with van der Waals surface area (Å²) in [5.41, 5.74) is 1.70. The lowest BCUT2D eigenvalue weighted by atomic mass is 9.92. The Kier molecular flexibility index (Phi) is 6.69. The largest absolute Gasteiger partial charge is 0.310 e. The van der Waals surface area contributed by atoms with Gasteiger partial charge >= 0.3 is 0 Å². The molecule has 0 saturated heterocycles. The topological polar surface area (TPSA) is 99.7 Å². The molecule has 0 spiro atoms. The highest BCUT2D eigenvalue weighted by atomic mass is 19.3. The molecule has 2 heterocycles. The van der Waals surface area contributed by atoms with Crippen molar-refractivity contribution in [1.82, 2.24) is 19.7 Å². The number of halogens is 3. The normalized spacial score (nSPS) is 16.6. The summed E-state index contributed by atoms with van der Waals surface area (Å²) in [6.07, 6.45) is 4.73. The molecule has 35 heavy (non-hydrogen) atoms. The molecule has 1 fully saturated rings. The van der Waals surface area contributed by atoms with Gasteiger partial charge in [-0.1, -0.05) is 18.7 Å². The van der Waals surface area contributed by atoms with Crippen LogP contribution in [-0.2, 0) is 6.42 Å². The van der Waals surface area contributed by atoms with E-state index in [0.717, 1.165) is 0 Å². The second kappa shape index (κ2) is 9.70. The average molecular weight is 480 g/mol. The number of hydrogen-bond donors (Lipinski definition) is 1. The van der Waals surface area contributed by atoms with Crippen molar-refractivity contribution in [3.05, 3.63) is 75.9 Å². The van der Waals surface area contributed by atoms with E-state index in [4.69, 9.17) is 5.26 Å². The first-order valence-corrected chi connectivity index (χ1v) is 11.1. The number of nitrogens with zero attached hydrogens (tertiary/aromatic N) is 5. The first-order valence-electron chi connectivity index (χ1n) is 11.1. The lowest BCUT2D eigenvalue weighted by Gasteiger charge is -2.28. The Hall–Kier alpha value is -4.00. The van der Waals surface area contributed by atoms with Gasteiger partial charge in [0.1, 0.15) is 28.8 Å². The van der Waals surface area contributed by atoms with Crippen molar-refractivity contribution in [2.45, 2.75) is 51.0 Å². The fourth-order valence-corrected chi connectivity index (χ4v) is 4.23. The van der Waals surface area contributed by atoms with Crippen LogP contribution in [0.3, 0.4) is 0 Å². The number of aromatic nitrogens is 4. The Bertz CT molecular complexity index is 1430. The second-order valence-corrected chi connectivity index (χ2v) is 8.47.